The molecule has 2 aromatic carbocycles. The van der Waals surface area contributed by atoms with E-state index in [1.807, 2.05) is 31.2 Å². The fourth-order valence-corrected chi connectivity index (χ4v) is 4.00. The summed E-state index contributed by atoms with van der Waals surface area (Å²) in [5.74, 6) is 1.68. The maximum absolute atomic E-state index is 5.84. The van der Waals surface area contributed by atoms with Crippen LogP contribution in [0.3, 0.4) is 0 Å². The van der Waals surface area contributed by atoms with Gasteiger partial charge in [-0.1, -0.05) is 18.2 Å². The van der Waals surface area contributed by atoms with Crippen LogP contribution >= 0.6 is 12.2 Å². The number of rotatable bonds is 10. The van der Waals surface area contributed by atoms with E-state index in [0.717, 1.165) is 75.1 Å². The second kappa shape index (κ2) is 12.6. The minimum atomic E-state index is 0.666. The maximum Gasteiger partial charge on any atom is 0.173 e. The van der Waals surface area contributed by atoms with Gasteiger partial charge in [-0.15, -0.1) is 0 Å². The van der Waals surface area contributed by atoms with Crippen LogP contribution in [0.5, 0.6) is 11.5 Å². The van der Waals surface area contributed by atoms with Gasteiger partial charge in [-0.25, -0.2) is 0 Å². The first-order valence-electron chi connectivity index (χ1n) is 11.3. The predicted octanol–water partition coefficient (Wildman–Crippen LogP) is 4.32. The number of hydrogen-bond acceptors (Lipinski definition) is 5. The number of nitrogens with zero attached hydrogens (tertiary/aromatic N) is 2. The standard InChI is InChI=1S/C25H35N3O3S/c1-4-31-22-9-7-21(8-10-22)19-28(13-5-12-27-14-16-30-17-15-27)25(32)26-23-11-6-20(2)18-24(23)29-3/h6-11,18H,4-5,12-17,19H2,1-3H3,(H,26,32). The Bertz CT molecular complexity index is 854. The van der Waals surface area contributed by atoms with Gasteiger partial charge in [0, 0.05) is 32.7 Å². The molecule has 0 amide bonds. The molecule has 1 N–H and O–H groups in total. The van der Waals surface area contributed by atoms with Gasteiger partial charge in [0.1, 0.15) is 11.5 Å². The first kappa shape index (κ1) is 24.3. The van der Waals surface area contributed by atoms with Crippen LogP contribution in [-0.2, 0) is 11.3 Å². The molecule has 0 radical (unpaired) electrons. The van der Waals surface area contributed by atoms with E-state index in [1.165, 1.54) is 5.56 Å². The van der Waals surface area contributed by atoms with Crippen LogP contribution in [0.4, 0.5) is 5.69 Å². The first-order chi connectivity index (χ1) is 15.6. The molecule has 1 fully saturated rings. The molecule has 1 aliphatic rings. The number of aryl methyl sites for hydroxylation is 1. The molecule has 1 heterocycles. The maximum atomic E-state index is 5.84. The second-order valence-electron chi connectivity index (χ2n) is 7.94. The van der Waals surface area contributed by atoms with Crippen LogP contribution < -0.4 is 14.8 Å². The van der Waals surface area contributed by atoms with Crippen molar-refractivity contribution < 1.29 is 14.2 Å². The molecule has 0 saturated carbocycles. The molecule has 1 saturated heterocycles. The van der Waals surface area contributed by atoms with E-state index in [4.69, 9.17) is 26.4 Å². The topological polar surface area (TPSA) is 46.2 Å². The fraction of sp³-hybridized carbons (Fsp3) is 0.480. The van der Waals surface area contributed by atoms with Crippen molar-refractivity contribution >= 4 is 23.0 Å². The van der Waals surface area contributed by atoms with Gasteiger partial charge < -0.3 is 24.4 Å². The van der Waals surface area contributed by atoms with Crippen molar-refractivity contribution in [2.45, 2.75) is 26.8 Å². The molecular formula is C25H35N3O3S. The Balaban J connectivity index is 1.67. The Morgan fingerprint density at radius 1 is 1.16 bits per heavy atom. The molecule has 2 aromatic rings. The van der Waals surface area contributed by atoms with Gasteiger partial charge in [0.2, 0.25) is 0 Å². The summed E-state index contributed by atoms with van der Waals surface area (Å²) in [7, 11) is 1.68. The Labute approximate surface area is 197 Å². The third-order valence-corrected chi connectivity index (χ3v) is 5.86. The van der Waals surface area contributed by atoms with E-state index in [1.54, 1.807) is 7.11 Å². The van der Waals surface area contributed by atoms with Crippen molar-refractivity contribution in [3.8, 4) is 11.5 Å². The Morgan fingerprint density at radius 3 is 2.59 bits per heavy atom. The number of anilines is 1. The summed E-state index contributed by atoms with van der Waals surface area (Å²) in [5.41, 5.74) is 3.22. The van der Waals surface area contributed by atoms with E-state index in [0.29, 0.717) is 11.7 Å². The van der Waals surface area contributed by atoms with Crippen molar-refractivity contribution in [1.82, 2.24) is 9.80 Å². The number of hydrogen-bond donors (Lipinski definition) is 1. The van der Waals surface area contributed by atoms with Crippen molar-refractivity contribution in [2.24, 2.45) is 0 Å². The summed E-state index contributed by atoms with van der Waals surface area (Å²) in [4.78, 5) is 4.68. The molecule has 0 atom stereocenters. The zero-order valence-electron chi connectivity index (χ0n) is 19.4. The van der Waals surface area contributed by atoms with Gasteiger partial charge in [-0.05, 0) is 67.9 Å². The Morgan fingerprint density at radius 2 is 1.91 bits per heavy atom. The number of ether oxygens (including phenoxy) is 3. The zero-order chi connectivity index (χ0) is 22.8. The van der Waals surface area contributed by atoms with Crippen molar-refractivity contribution in [2.75, 3.05) is 58.4 Å². The second-order valence-corrected chi connectivity index (χ2v) is 8.33. The highest BCUT2D eigenvalue weighted by Gasteiger charge is 2.15. The normalized spacial score (nSPS) is 14.1. The van der Waals surface area contributed by atoms with Crippen LogP contribution in [0.1, 0.15) is 24.5 Å². The largest absolute Gasteiger partial charge is 0.495 e. The van der Waals surface area contributed by atoms with Crippen LogP contribution in [0.15, 0.2) is 42.5 Å². The summed E-state index contributed by atoms with van der Waals surface area (Å²) in [6.07, 6.45) is 1.03. The van der Waals surface area contributed by atoms with Gasteiger partial charge in [0.05, 0.1) is 32.6 Å². The highest BCUT2D eigenvalue weighted by Crippen LogP contribution is 2.26. The van der Waals surface area contributed by atoms with E-state index in [2.05, 4.69) is 40.2 Å². The predicted molar refractivity (Wildman–Crippen MR) is 134 cm³/mol. The molecule has 0 aromatic heterocycles. The lowest BCUT2D eigenvalue weighted by molar-refractivity contribution is 0.0368. The number of methoxy groups -OCH3 is 1. The third kappa shape index (κ3) is 7.36. The average molecular weight is 458 g/mol. The summed E-state index contributed by atoms with van der Waals surface area (Å²) in [6.45, 7) is 11.0. The van der Waals surface area contributed by atoms with Crippen LogP contribution in [-0.4, -0.2) is 68.0 Å². The highest BCUT2D eigenvalue weighted by atomic mass is 32.1. The molecule has 0 bridgehead atoms. The van der Waals surface area contributed by atoms with Gasteiger partial charge >= 0.3 is 0 Å². The van der Waals surface area contributed by atoms with Gasteiger partial charge in [0.25, 0.3) is 0 Å². The molecule has 0 unspecified atom stereocenters. The van der Waals surface area contributed by atoms with E-state index >= 15 is 0 Å². The Kier molecular flexibility index (Phi) is 9.59. The fourth-order valence-electron chi connectivity index (χ4n) is 3.74. The molecular weight excluding hydrogens is 422 g/mol. The molecule has 0 aliphatic carbocycles. The van der Waals surface area contributed by atoms with Crippen LogP contribution in [0.2, 0.25) is 0 Å². The van der Waals surface area contributed by atoms with Crippen LogP contribution in [0.25, 0.3) is 0 Å². The van der Waals surface area contributed by atoms with E-state index < -0.39 is 0 Å². The molecule has 6 nitrogen and oxygen atoms in total. The number of thiocarbonyl (C=S) groups is 1. The van der Waals surface area contributed by atoms with Gasteiger partial charge in [-0.3, -0.25) is 4.90 Å². The molecule has 7 heteroatoms. The summed E-state index contributed by atoms with van der Waals surface area (Å²) >= 11 is 5.84. The quantitative estimate of drug-likeness (QED) is 0.533. The lowest BCUT2D eigenvalue weighted by Crippen LogP contribution is -2.40. The third-order valence-electron chi connectivity index (χ3n) is 5.50. The van der Waals surface area contributed by atoms with Crippen LogP contribution in [0, 0.1) is 6.92 Å². The van der Waals surface area contributed by atoms with Gasteiger partial charge in [0.15, 0.2) is 5.11 Å². The smallest absolute Gasteiger partial charge is 0.173 e. The number of nitrogens with one attached hydrogen (secondary N) is 1. The monoisotopic (exact) mass is 457 g/mol. The molecule has 1 aliphatic heterocycles. The minimum absolute atomic E-state index is 0.666. The summed E-state index contributed by atoms with van der Waals surface area (Å²) < 4.78 is 16.6. The lowest BCUT2D eigenvalue weighted by atomic mass is 10.2. The minimum Gasteiger partial charge on any atom is -0.495 e. The SMILES string of the molecule is CCOc1ccc(CN(CCCN2CCOCC2)C(=S)Nc2ccc(C)cc2OC)cc1. The van der Waals surface area contributed by atoms with E-state index in [9.17, 15) is 0 Å². The molecule has 32 heavy (non-hydrogen) atoms. The van der Waals surface area contributed by atoms with Crippen molar-refractivity contribution in [1.29, 1.82) is 0 Å². The highest BCUT2D eigenvalue weighted by molar-refractivity contribution is 7.80. The van der Waals surface area contributed by atoms with Crippen molar-refractivity contribution in [3.63, 3.8) is 0 Å². The molecule has 174 valence electrons. The number of morpholine rings is 1. The number of benzene rings is 2. The Hall–Kier alpha value is -2.35. The first-order valence-corrected chi connectivity index (χ1v) is 11.7. The summed E-state index contributed by atoms with van der Waals surface area (Å²) in [6, 6.07) is 14.3. The van der Waals surface area contributed by atoms with Gasteiger partial charge in [-0.2, -0.15) is 0 Å². The van der Waals surface area contributed by atoms with E-state index in [-0.39, 0.29) is 0 Å². The lowest BCUT2D eigenvalue weighted by Gasteiger charge is -2.30. The molecule has 3 rings (SSSR count). The summed E-state index contributed by atoms with van der Waals surface area (Å²) in [5, 5.41) is 4.10. The van der Waals surface area contributed by atoms with Crippen molar-refractivity contribution in [3.05, 3.63) is 53.6 Å². The average Bonchev–Trinajstić information content (AvgIpc) is 2.81. The molecule has 0 spiro atoms. The zero-order valence-corrected chi connectivity index (χ0v) is 20.2.